The second-order valence-corrected chi connectivity index (χ2v) is 4.45. The molecule has 0 radical (unpaired) electrons. The normalized spacial score (nSPS) is 40.8. The highest BCUT2D eigenvalue weighted by atomic mass is 16.4. The second kappa shape index (κ2) is 2.77. The summed E-state index contributed by atoms with van der Waals surface area (Å²) in [4.78, 5) is 11.1. The fourth-order valence-corrected chi connectivity index (χ4v) is 2.69. The molecule has 2 unspecified atom stereocenters. The van der Waals surface area contributed by atoms with Crippen LogP contribution in [0.4, 0.5) is 0 Å². The molecule has 70 valence electrons. The minimum atomic E-state index is -0.630. The molecule has 2 aliphatic carbocycles. The highest BCUT2D eigenvalue weighted by Gasteiger charge is 2.56. The van der Waals surface area contributed by atoms with E-state index >= 15 is 0 Å². The van der Waals surface area contributed by atoms with E-state index in [1.165, 1.54) is 6.42 Å². The number of carboxylic acids is 1. The molecule has 2 nitrogen and oxygen atoms in total. The van der Waals surface area contributed by atoms with Gasteiger partial charge in [-0.25, -0.2) is 0 Å². The van der Waals surface area contributed by atoms with E-state index in [1.54, 1.807) is 0 Å². The van der Waals surface area contributed by atoms with E-state index in [2.05, 4.69) is 5.92 Å². The predicted octanol–water partition coefficient (Wildman–Crippen LogP) is 1.90. The molecule has 13 heavy (non-hydrogen) atoms. The van der Waals surface area contributed by atoms with Crippen LogP contribution in [0.15, 0.2) is 0 Å². The minimum Gasteiger partial charge on any atom is -0.481 e. The Hall–Kier alpha value is -0.970. The van der Waals surface area contributed by atoms with Crippen molar-refractivity contribution in [2.45, 2.75) is 32.1 Å². The van der Waals surface area contributed by atoms with Gasteiger partial charge in [-0.2, -0.15) is 0 Å². The Balaban J connectivity index is 2.04. The number of carbonyl (C=O) groups is 1. The monoisotopic (exact) mass is 178 g/mol. The van der Waals surface area contributed by atoms with Crippen LogP contribution < -0.4 is 0 Å². The Morgan fingerprint density at radius 2 is 2.15 bits per heavy atom. The lowest BCUT2D eigenvalue weighted by Crippen LogP contribution is -2.29. The van der Waals surface area contributed by atoms with Crippen LogP contribution in [0.5, 0.6) is 0 Å². The van der Waals surface area contributed by atoms with Gasteiger partial charge in [-0.05, 0) is 37.5 Å². The van der Waals surface area contributed by atoms with E-state index in [-0.39, 0.29) is 0 Å². The van der Waals surface area contributed by atoms with Crippen LogP contribution in [0.3, 0.4) is 0 Å². The number of hydrogen-bond acceptors (Lipinski definition) is 1. The maximum atomic E-state index is 11.1. The van der Waals surface area contributed by atoms with Crippen molar-refractivity contribution in [1.82, 2.24) is 0 Å². The van der Waals surface area contributed by atoms with Crippen molar-refractivity contribution in [3.05, 3.63) is 0 Å². The van der Waals surface area contributed by atoms with Gasteiger partial charge >= 0.3 is 5.97 Å². The lowest BCUT2D eigenvalue weighted by molar-refractivity contribution is -0.149. The lowest BCUT2D eigenvalue weighted by Gasteiger charge is -2.24. The van der Waals surface area contributed by atoms with E-state index in [4.69, 9.17) is 11.5 Å². The van der Waals surface area contributed by atoms with Crippen molar-refractivity contribution in [3.63, 3.8) is 0 Å². The number of hydrogen-bond donors (Lipinski definition) is 1. The average Bonchev–Trinajstić information content (AvgIpc) is 2.71. The molecule has 0 aromatic carbocycles. The second-order valence-electron chi connectivity index (χ2n) is 4.45. The summed E-state index contributed by atoms with van der Waals surface area (Å²) in [6, 6.07) is 0. The Labute approximate surface area is 78.3 Å². The van der Waals surface area contributed by atoms with Gasteiger partial charge in [0.1, 0.15) is 0 Å². The molecular weight excluding hydrogens is 164 g/mol. The molecule has 0 amide bonds. The van der Waals surface area contributed by atoms with Crippen molar-refractivity contribution < 1.29 is 9.90 Å². The van der Waals surface area contributed by atoms with Crippen LogP contribution in [-0.2, 0) is 4.79 Å². The molecular formula is C11H14O2. The SMILES string of the molecule is C#CCCC1(C(=O)O)CC2CC2C1. The zero-order valence-electron chi connectivity index (χ0n) is 7.62. The van der Waals surface area contributed by atoms with Crippen molar-refractivity contribution >= 4 is 5.97 Å². The quantitative estimate of drug-likeness (QED) is 0.670. The van der Waals surface area contributed by atoms with Gasteiger partial charge in [0, 0.05) is 6.42 Å². The average molecular weight is 178 g/mol. The van der Waals surface area contributed by atoms with Crippen molar-refractivity contribution in [2.24, 2.45) is 17.3 Å². The molecule has 0 aliphatic heterocycles. The van der Waals surface area contributed by atoms with E-state index in [9.17, 15) is 4.79 Å². The summed E-state index contributed by atoms with van der Waals surface area (Å²) in [7, 11) is 0. The zero-order chi connectivity index (χ0) is 9.47. The highest BCUT2D eigenvalue weighted by molar-refractivity contribution is 5.75. The summed E-state index contributed by atoms with van der Waals surface area (Å²) in [5.41, 5.74) is -0.458. The van der Waals surface area contributed by atoms with Crippen LogP contribution in [0.1, 0.15) is 32.1 Å². The molecule has 2 atom stereocenters. The first-order chi connectivity index (χ1) is 6.18. The Morgan fingerprint density at radius 1 is 1.54 bits per heavy atom. The number of aliphatic carboxylic acids is 1. The largest absolute Gasteiger partial charge is 0.481 e. The molecule has 2 fully saturated rings. The van der Waals surface area contributed by atoms with Gasteiger partial charge in [0.2, 0.25) is 0 Å². The van der Waals surface area contributed by atoms with Crippen LogP contribution >= 0.6 is 0 Å². The molecule has 2 aliphatic rings. The molecule has 2 saturated carbocycles. The van der Waals surface area contributed by atoms with E-state index in [0.29, 0.717) is 24.7 Å². The topological polar surface area (TPSA) is 37.3 Å². The van der Waals surface area contributed by atoms with Crippen molar-refractivity contribution in [1.29, 1.82) is 0 Å². The predicted molar refractivity (Wildman–Crippen MR) is 49.0 cm³/mol. The van der Waals surface area contributed by atoms with Gasteiger partial charge < -0.3 is 5.11 Å². The summed E-state index contributed by atoms with van der Waals surface area (Å²) >= 11 is 0. The van der Waals surface area contributed by atoms with Gasteiger partial charge in [-0.1, -0.05) is 0 Å². The summed E-state index contributed by atoms with van der Waals surface area (Å²) in [5, 5.41) is 9.16. The van der Waals surface area contributed by atoms with E-state index in [0.717, 1.165) is 12.8 Å². The third-order valence-corrected chi connectivity index (χ3v) is 3.58. The first-order valence-electron chi connectivity index (χ1n) is 4.85. The van der Waals surface area contributed by atoms with Gasteiger partial charge in [-0.15, -0.1) is 12.3 Å². The van der Waals surface area contributed by atoms with Crippen LogP contribution in [0.25, 0.3) is 0 Å². The van der Waals surface area contributed by atoms with E-state index in [1.807, 2.05) is 0 Å². The standard InChI is InChI=1S/C11H14O2/c1-2-3-4-11(10(12)13)6-8-5-9(8)7-11/h1,8-9H,3-7H2,(H,12,13). The first-order valence-corrected chi connectivity index (χ1v) is 4.85. The fraction of sp³-hybridized carbons (Fsp3) is 0.727. The first kappa shape index (κ1) is 8.62. The molecule has 0 saturated heterocycles. The number of carboxylic acid groups (broad SMARTS) is 1. The van der Waals surface area contributed by atoms with Gasteiger partial charge in [0.15, 0.2) is 0 Å². The number of rotatable bonds is 3. The maximum Gasteiger partial charge on any atom is 0.309 e. The lowest BCUT2D eigenvalue weighted by atomic mass is 9.79. The summed E-state index contributed by atoms with van der Waals surface area (Å²) < 4.78 is 0. The Bertz CT molecular complexity index is 264. The summed E-state index contributed by atoms with van der Waals surface area (Å²) in [6.07, 6.45) is 9.44. The Morgan fingerprint density at radius 3 is 2.62 bits per heavy atom. The van der Waals surface area contributed by atoms with Crippen LogP contribution in [0.2, 0.25) is 0 Å². The Kier molecular flexibility index (Phi) is 1.83. The van der Waals surface area contributed by atoms with Gasteiger partial charge in [0.25, 0.3) is 0 Å². The molecule has 0 spiro atoms. The molecule has 0 heterocycles. The molecule has 0 aromatic rings. The van der Waals surface area contributed by atoms with Gasteiger partial charge in [0.05, 0.1) is 5.41 Å². The third-order valence-electron chi connectivity index (χ3n) is 3.58. The highest BCUT2D eigenvalue weighted by Crippen LogP contribution is 2.61. The fourth-order valence-electron chi connectivity index (χ4n) is 2.69. The van der Waals surface area contributed by atoms with E-state index < -0.39 is 11.4 Å². The van der Waals surface area contributed by atoms with Crippen molar-refractivity contribution in [3.8, 4) is 12.3 Å². The minimum absolute atomic E-state index is 0.458. The van der Waals surface area contributed by atoms with Crippen molar-refractivity contribution in [2.75, 3.05) is 0 Å². The molecule has 2 rings (SSSR count). The van der Waals surface area contributed by atoms with Gasteiger partial charge in [-0.3, -0.25) is 4.79 Å². The van der Waals surface area contributed by atoms with Crippen LogP contribution in [-0.4, -0.2) is 11.1 Å². The summed E-state index contributed by atoms with van der Waals surface area (Å²) in [6.45, 7) is 0. The van der Waals surface area contributed by atoms with Crippen LogP contribution in [0, 0.1) is 29.6 Å². The smallest absolute Gasteiger partial charge is 0.309 e. The molecule has 0 bridgehead atoms. The number of fused-ring (bicyclic) bond motifs is 1. The molecule has 1 N–H and O–H groups in total. The summed E-state index contributed by atoms with van der Waals surface area (Å²) in [5.74, 6) is 3.32. The molecule has 2 heteroatoms. The maximum absolute atomic E-state index is 11.1. The number of terminal acetylenes is 1. The molecule has 0 aromatic heterocycles. The zero-order valence-corrected chi connectivity index (χ0v) is 7.62. The third kappa shape index (κ3) is 1.33.